The van der Waals surface area contributed by atoms with Crippen LogP contribution in [-0.4, -0.2) is 94.2 Å². The molecule has 0 aromatic rings. The van der Waals surface area contributed by atoms with E-state index in [1.165, 1.54) is 6.08 Å². The Morgan fingerprint density at radius 2 is 1.78 bits per heavy atom. The average Bonchev–Trinajstić information content (AvgIpc) is 3.81. The molecule has 2 rings (SSSR count). The molecule has 0 radical (unpaired) electrons. The smallest absolute Gasteiger partial charge is 0.414 e. The zero-order valence-corrected chi connectivity index (χ0v) is 29.6. The molecule has 2 aliphatic rings. The number of esters is 2. The quantitative estimate of drug-likeness (QED) is 0.0531. The van der Waals surface area contributed by atoms with Crippen molar-refractivity contribution in [3.8, 4) is 0 Å². The summed E-state index contributed by atoms with van der Waals surface area (Å²) in [5.74, 6) is -4.68. The lowest BCUT2D eigenvalue weighted by atomic mass is 9.98. The molecule has 15 heteroatoms. The fraction of sp³-hybridized carbons (Fsp3) is 0.571. The first-order chi connectivity index (χ1) is 23.7. The Morgan fingerprint density at radius 1 is 1.08 bits per heavy atom. The summed E-state index contributed by atoms with van der Waals surface area (Å²) in [4.78, 5) is 86.8. The van der Waals surface area contributed by atoms with Gasteiger partial charge in [-0.25, -0.2) is 14.5 Å². The third kappa shape index (κ3) is 15.2. The van der Waals surface area contributed by atoms with Crippen LogP contribution in [0.5, 0.6) is 0 Å². The number of nitrogens with one attached hydrogen (secondary N) is 1. The predicted molar refractivity (Wildman–Crippen MR) is 180 cm³/mol. The van der Waals surface area contributed by atoms with Gasteiger partial charge in [-0.3, -0.25) is 29.3 Å². The van der Waals surface area contributed by atoms with Crippen LogP contribution >= 0.6 is 11.6 Å². The minimum absolute atomic E-state index is 0.0847. The second-order valence-corrected chi connectivity index (χ2v) is 12.4. The van der Waals surface area contributed by atoms with Crippen molar-refractivity contribution in [1.29, 1.82) is 0 Å². The number of aliphatic hydroxyl groups excluding tert-OH is 1. The molecule has 50 heavy (non-hydrogen) atoms. The summed E-state index contributed by atoms with van der Waals surface area (Å²) < 4.78 is 22.0. The van der Waals surface area contributed by atoms with Gasteiger partial charge in [0.05, 0.1) is 18.1 Å². The number of nitrogens with zero attached hydrogens (tertiary/aromatic N) is 1. The second kappa shape index (κ2) is 21.8. The van der Waals surface area contributed by atoms with Crippen molar-refractivity contribution < 1.29 is 57.6 Å². The number of aliphatic hydroxyl groups is 1. The van der Waals surface area contributed by atoms with E-state index in [0.717, 1.165) is 76.3 Å². The van der Waals surface area contributed by atoms with E-state index in [9.17, 15) is 38.7 Å². The van der Waals surface area contributed by atoms with E-state index in [1.54, 1.807) is 13.0 Å². The maximum Gasteiger partial charge on any atom is 0.414 e. The van der Waals surface area contributed by atoms with Gasteiger partial charge >= 0.3 is 18.0 Å². The normalized spacial score (nSPS) is 22.9. The zero-order valence-electron chi connectivity index (χ0n) is 28.8. The highest BCUT2D eigenvalue weighted by molar-refractivity contribution is 6.22. The van der Waals surface area contributed by atoms with Crippen molar-refractivity contribution in [2.24, 2.45) is 0 Å². The summed E-state index contributed by atoms with van der Waals surface area (Å²) >= 11 is 6.51. The number of imide groups is 4. The molecule has 1 fully saturated rings. The lowest BCUT2D eigenvalue weighted by Gasteiger charge is -2.30. The highest BCUT2D eigenvalue weighted by Crippen LogP contribution is 2.36. The Labute approximate surface area is 296 Å². The fourth-order valence-electron chi connectivity index (χ4n) is 4.99. The van der Waals surface area contributed by atoms with Crippen LogP contribution in [0.25, 0.3) is 0 Å². The maximum absolute atomic E-state index is 12.9. The molecule has 2 aliphatic heterocycles. The van der Waals surface area contributed by atoms with Crippen LogP contribution in [0.2, 0.25) is 0 Å². The number of fused-ring (bicyclic) bond motifs is 1. The van der Waals surface area contributed by atoms with Gasteiger partial charge in [0.25, 0.3) is 11.8 Å². The summed E-state index contributed by atoms with van der Waals surface area (Å²) in [5.41, 5.74) is 0.509. The Balaban J connectivity index is 2.27. The number of rotatable bonds is 13. The van der Waals surface area contributed by atoms with Gasteiger partial charge in [0, 0.05) is 38.5 Å². The van der Waals surface area contributed by atoms with E-state index >= 15 is 0 Å². The number of amides is 5. The zero-order chi connectivity index (χ0) is 37.2. The van der Waals surface area contributed by atoms with Gasteiger partial charge in [-0.15, -0.1) is 11.6 Å². The van der Waals surface area contributed by atoms with Crippen molar-refractivity contribution >= 4 is 53.3 Å². The molecular weight excluding hydrogens is 676 g/mol. The summed E-state index contributed by atoms with van der Waals surface area (Å²) in [6, 6.07) is 0. The van der Waals surface area contributed by atoms with Crippen molar-refractivity contribution in [3.63, 3.8) is 0 Å². The van der Waals surface area contributed by atoms with Crippen LogP contribution in [0, 0.1) is 0 Å². The van der Waals surface area contributed by atoms with Crippen LogP contribution in [0.1, 0.15) is 85.5 Å². The first-order valence-corrected chi connectivity index (χ1v) is 17.1. The van der Waals surface area contributed by atoms with Crippen LogP contribution < -0.4 is 5.32 Å². The Bertz CT molecular complexity index is 1360. The lowest BCUT2D eigenvalue weighted by molar-refractivity contribution is -0.160. The number of halogens is 1. The van der Waals surface area contributed by atoms with Gasteiger partial charge in [0.1, 0.15) is 12.2 Å². The van der Waals surface area contributed by atoms with E-state index < -0.39 is 71.6 Å². The number of hydrogen-bond donors (Lipinski definition) is 2. The molecule has 6 unspecified atom stereocenters. The molecule has 0 saturated carbocycles. The van der Waals surface area contributed by atoms with E-state index in [-0.39, 0.29) is 31.8 Å². The van der Waals surface area contributed by atoms with Crippen LogP contribution in [-0.2, 0) is 47.7 Å². The Morgan fingerprint density at radius 3 is 2.46 bits per heavy atom. The standard InChI is InChI=1S/C35H47ClN2O12/c1-5-6-7-8-9-16-29(43)47-20-13-12-14-25(36)31(45)33-34(50-35(46)37-23(3)39)32-26(48-32)19-18-22(2)21-28(42)38(24(4)40)27(41)15-10-11-17-30(44)49-33/h10-12,14-15,17,21,25-26,31-34,45H,5-9,13,16,18-20H2,1-4H3,(H,37,39,46). The monoisotopic (exact) mass is 722 g/mol. The lowest BCUT2D eigenvalue weighted by Crippen LogP contribution is -2.51. The number of hydrogen-bond acceptors (Lipinski definition) is 12. The fourth-order valence-corrected chi connectivity index (χ4v) is 5.24. The second-order valence-electron chi connectivity index (χ2n) is 11.9. The van der Waals surface area contributed by atoms with Crippen LogP contribution in [0.3, 0.4) is 0 Å². The molecule has 6 atom stereocenters. The molecular formula is C35H47ClN2O12. The number of allylic oxidation sites excluding steroid dienone is 3. The van der Waals surface area contributed by atoms with Crippen LogP contribution in [0.15, 0.2) is 48.1 Å². The average molecular weight is 723 g/mol. The minimum atomic E-state index is -1.68. The van der Waals surface area contributed by atoms with E-state index in [2.05, 4.69) is 6.92 Å². The molecule has 0 bridgehead atoms. The van der Waals surface area contributed by atoms with E-state index in [1.807, 2.05) is 5.32 Å². The molecule has 2 N–H and O–H groups in total. The molecule has 276 valence electrons. The molecule has 14 nitrogen and oxygen atoms in total. The number of unbranched alkanes of at least 4 members (excludes halogenated alkanes) is 4. The Kier molecular flexibility index (Phi) is 18.4. The van der Waals surface area contributed by atoms with Gasteiger partial charge in [0.15, 0.2) is 12.2 Å². The number of epoxide rings is 1. The molecule has 5 amide bonds. The van der Waals surface area contributed by atoms with Crippen molar-refractivity contribution in [2.45, 2.75) is 121 Å². The minimum Gasteiger partial charge on any atom is -0.465 e. The number of cyclic esters (lactones) is 1. The van der Waals surface area contributed by atoms with E-state index in [0.29, 0.717) is 16.9 Å². The third-order valence-corrected chi connectivity index (χ3v) is 7.99. The highest BCUT2D eigenvalue weighted by atomic mass is 35.5. The predicted octanol–water partition coefficient (Wildman–Crippen LogP) is 3.88. The van der Waals surface area contributed by atoms with Crippen LogP contribution in [0.4, 0.5) is 4.79 Å². The van der Waals surface area contributed by atoms with Gasteiger partial charge in [-0.1, -0.05) is 62.5 Å². The van der Waals surface area contributed by atoms with Crippen molar-refractivity contribution in [3.05, 3.63) is 48.1 Å². The first-order valence-electron chi connectivity index (χ1n) is 16.6. The molecule has 0 aliphatic carbocycles. The third-order valence-electron chi connectivity index (χ3n) is 7.59. The first kappa shape index (κ1) is 42.0. The number of carbonyl (C=O) groups is 7. The number of alkyl carbamates (subject to hydrolysis) is 1. The highest BCUT2D eigenvalue weighted by Gasteiger charge is 2.53. The Hall–Kier alpha value is -4.14. The van der Waals surface area contributed by atoms with Crippen molar-refractivity contribution in [2.75, 3.05) is 6.61 Å². The molecule has 1 saturated heterocycles. The summed E-state index contributed by atoms with van der Waals surface area (Å²) in [7, 11) is 0. The van der Waals surface area contributed by atoms with Gasteiger partial charge in [-0.05, 0) is 32.6 Å². The molecule has 0 spiro atoms. The van der Waals surface area contributed by atoms with Gasteiger partial charge in [0.2, 0.25) is 11.8 Å². The number of carbonyl (C=O) groups excluding carboxylic acids is 7. The SMILES string of the molecule is CCCCCCCC(=O)OCCC=CC(Cl)C(O)C1OC(=O)C=CC=CC(=O)N(C(C)=O)C(=O)C=C(C)CCC2OC2C1OC(=O)NC(C)=O. The van der Waals surface area contributed by atoms with E-state index in [4.69, 9.17) is 30.5 Å². The molecule has 0 aromatic carbocycles. The van der Waals surface area contributed by atoms with Gasteiger partial charge in [-0.2, -0.15) is 0 Å². The molecule has 0 aromatic heterocycles. The largest absolute Gasteiger partial charge is 0.465 e. The maximum atomic E-state index is 12.9. The summed E-state index contributed by atoms with van der Waals surface area (Å²) in [6.07, 6.45) is 6.79. The van der Waals surface area contributed by atoms with Gasteiger partial charge < -0.3 is 24.1 Å². The topological polar surface area (TPSA) is 195 Å². The summed E-state index contributed by atoms with van der Waals surface area (Å²) in [5, 5.41) is 12.1. The summed E-state index contributed by atoms with van der Waals surface area (Å²) in [6.45, 7) is 5.96. The number of ether oxygens (including phenoxy) is 4. The van der Waals surface area contributed by atoms with Crippen molar-refractivity contribution in [1.82, 2.24) is 10.2 Å². The molecule has 2 heterocycles. The number of alkyl halides is 1.